The predicted octanol–water partition coefficient (Wildman–Crippen LogP) is -8.44. The van der Waals surface area contributed by atoms with E-state index in [0.29, 0.717) is 0 Å². The van der Waals surface area contributed by atoms with Crippen LogP contribution in [-0.2, 0) is 33.3 Å². The normalized spacial score (nSPS) is 35.7. The highest BCUT2D eigenvalue weighted by atomic mass is 16.8. The Labute approximate surface area is 261 Å². The van der Waals surface area contributed by atoms with E-state index in [1.165, 1.54) is 0 Å². The Balaban J connectivity index is 2.53. The maximum Gasteiger partial charge on any atom is 0.364 e. The van der Waals surface area contributed by atoms with E-state index >= 15 is 0 Å². The highest BCUT2D eigenvalue weighted by molar-refractivity contribution is 5.76. The van der Waals surface area contributed by atoms with Crippen molar-refractivity contribution in [3.8, 4) is 0 Å². The molecule has 268 valence electrons. The number of aliphatic hydroxyl groups is 11. The fraction of sp³-hybridized carbons (Fsp3) is 0.880. The number of hydrogen-bond donors (Lipinski definition) is 14. The first-order valence-electron chi connectivity index (χ1n) is 14.1. The Bertz CT molecular complexity index is 1010. The van der Waals surface area contributed by atoms with E-state index in [1.807, 2.05) is 0 Å². The van der Waals surface area contributed by atoms with Crippen LogP contribution < -0.4 is 10.6 Å². The van der Waals surface area contributed by atoms with Gasteiger partial charge in [0.25, 0.3) is 5.79 Å². The Morgan fingerprint density at radius 2 is 1.52 bits per heavy atom. The third-order valence-electron chi connectivity index (χ3n) is 7.53. The summed E-state index contributed by atoms with van der Waals surface area (Å²) in [5.41, 5.74) is 0. The average molecular weight is 677 g/mol. The Morgan fingerprint density at radius 1 is 0.913 bits per heavy atom. The minimum absolute atomic E-state index is 0.745. The van der Waals surface area contributed by atoms with Gasteiger partial charge in [-0.25, -0.2) is 4.79 Å². The molecule has 21 heteroatoms. The molecule has 0 aliphatic carbocycles. The van der Waals surface area contributed by atoms with Crippen molar-refractivity contribution in [1.82, 2.24) is 10.6 Å². The van der Waals surface area contributed by atoms with E-state index in [1.54, 1.807) is 0 Å². The lowest BCUT2D eigenvalue weighted by molar-refractivity contribution is -0.375. The average Bonchev–Trinajstić information content (AvgIpc) is 3.00. The van der Waals surface area contributed by atoms with Gasteiger partial charge in [0.15, 0.2) is 6.29 Å². The molecule has 2 rings (SSSR count). The monoisotopic (exact) mass is 676 g/mol. The van der Waals surface area contributed by atoms with Gasteiger partial charge in [-0.3, -0.25) is 9.59 Å². The molecule has 0 aromatic rings. The molecule has 2 saturated heterocycles. The fourth-order valence-corrected chi connectivity index (χ4v) is 5.16. The van der Waals surface area contributed by atoms with Gasteiger partial charge in [-0.2, -0.15) is 0 Å². The molecule has 15 atom stereocenters. The van der Waals surface area contributed by atoms with Gasteiger partial charge in [-0.1, -0.05) is 0 Å². The smallest absolute Gasteiger partial charge is 0.364 e. The molecule has 2 aliphatic heterocycles. The van der Waals surface area contributed by atoms with Crippen molar-refractivity contribution in [2.24, 2.45) is 0 Å². The highest BCUT2D eigenvalue weighted by Crippen LogP contribution is 2.37. The van der Waals surface area contributed by atoms with Crippen molar-refractivity contribution in [3.05, 3.63) is 0 Å². The SMILES string of the molecule is CC(=O)N[C@H]1[C@H]([C@H](O)[C@H](O)CO)O[C@@](O[C@H]2[C@@H](O)[C@@H](CO)OC(O[C@@H]([C@@H](O)[C@H](O)CO)[C@H](CO)NC(C)=O)[C@@H]2O)(C(=O)O)C[C@@H]1O. The summed E-state index contributed by atoms with van der Waals surface area (Å²) in [5.74, 6) is -6.58. The second kappa shape index (κ2) is 17.3. The first-order valence-corrected chi connectivity index (χ1v) is 14.1. The van der Waals surface area contributed by atoms with Crippen molar-refractivity contribution in [3.63, 3.8) is 0 Å². The molecule has 0 bridgehead atoms. The van der Waals surface area contributed by atoms with Crippen LogP contribution in [0.1, 0.15) is 20.3 Å². The summed E-state index contributed by atoms with van der Waals surface area (Å²) in [6, 6.07) is -3.09. The molecule has 46 heavy (non-hydrogen) atoms. The number of amides is 2. The minimum Gasteiger partial charge on any atom is -0.477 e. The van der Waals surface area contributed by atoms with Gasteiger partial charge in [0.2, 0.25) is 11.8 Å². The third-order valence-corrected chi connectivity index (χ3v) is 7.53. The molecule has 2 fully saturated rings. The van der Waals surface area contributed by atoms with E-state index in [2.05, 4.69) is 10.6 Å². The van der Waals surface area contributed by atoms with Gasteiger partial charge in [0, 0.05) is 20.3 Å². The van der Waals surface area contributed by atoms with E-state index in [0.717, 1.165) is 13.8 Å². The van der Waals surface area contributed by atoms with Crippen molar-refractivity contribution in [1.29, 1.82) is 0 Å². The second-order valence-corrected chi connectivity index (χ2v) is 11.0. The Hall–Kier alpha value is -2.19. The quantitative estimate of drug-likeness (QED) is 0.0721. The van der Waals surface area contributed by atoms with Crippen LogP contribution >= 0.6 is 0 Å². The highest BCUT2D eigenvalue weighted by Gasteiger charge is 2.59. The van der Waals surface area contributed by atoms with Crippen LogP contribution in [-0.4, -0.2) is 197 Å². The molecule has 0 aromatic heterocycles. The van der Waals surface area contributed by atoms with Crippen LogP contribution in [0.3, 0.4) is 0 Å². The van der Waals surface area contributed by atoms with Gasteiger partial charge < -0.3 is 90.9 Å². The Kier molecular flexibility index (Phi) is 15.0. The van der Waals surface area contributed by atoms with Crippen LogP contribution in [0.2, 0.25) is 0 Å². The molecule has 14 N–H and O–H groups in total. The van der Waals surface area contributed by atoms with Crippen LogP contribution in [0.5, 0.6) is 0 Å². The van der Waals surface area contributed by atoms with Gasteiger partial charge in [0.05, 0.1) is 44.6 Å². The lowest BCUT2D eigenvalue weighted by Crippen LogP contribution is -2.70. The third kappa shape index (κ3) is 9.24. The number of aliphatic carboxylic acids is 1. The summed E-state index contributed by atoms with van der Waals surface area (Å²) in [7, 11) is 0. The van der Waals surface area contributed by atoms with Crippen LogP contribution in [0.25, 0.3) is 0 Å². The van der Waals surface area contributed by atoms with Crippen molar-refractivity contribution in [2.75, 3.05) is 26.4 Å². The zero-order valence-electron chi connectivity index (χ0n) is 24.8. The van der Waals surface area contributed by atoms with Crippen LogP contribution in [0.15, 0.2) is 0 Å². The van der Waals surface area contributed by atoms with Crippen LogP contribution in [0.4, 0.5) is 0 Å². The number of ether oxygens (including phenoxy) is 4. The minimum atomic E-state index is -3.07. The molecule has 0 saturated carbocycles. The molecular formula is C25H44N2O19. The number of carbonyl (C=O) groups is 3. The zero-order chi connectivity index (χ0) is 35.1. The van der Waals surface area contributed by atoms with Gasteiger partial charge >= 0.3 is 5.97 Å². The maximum atomic E-state index is 12.6. The number of hydrogen-bond acceptors (Lipinski definition) is 18. The summed E-state index contributed by atoms with van der Waals surface area (Å²) in [6.07, 6.45) is -25.2. The number of aliphatic hydroxyl groups excluding tert-OH is 11. The predicted molar refractivity (Wildman–Crippen MR) is 144 cm³/mol. The van der Waals surface area contributed by atoms with E-state index in [-0.39, 0.29) is 0 Å². The van der Waals surface area contributed by atoms with Gasteiger partial charge in [-0.05, 0) is 0 Å². The number of rotatable bonds is 16. The summed E-state index contributed by atoms with van der Waals surface area (Å²) in [5, 5.41) is 127. The number of nitrogens with one attached hydrogen (secondary N) is 2. The van der Waals surface area contributed by atoms with E-state index < -0.39 is 142 Å². The first-order chi connectivity index (χ1) is 21.5. The Morgan fingerprint density at radius 3 is 2.00 bits per heavy atom. The molecule has 0 spiro atoms. The lowest BCUT2D eigenvalue weighted by Gasteiger charge is -2.50. The molecule has 0 aromatic carbocycles. The zero-order valence-corrected chi connectivity index (χ0v) is 24.8. The standard InChI is InChI=1S/C25H44N2O19/c1-8(32)26-10(4-28)20(16(37)12(35)5-29)44-23-19(40)22(18(39)14(7-31)43-23)46-25(24(41)42)3-11(34)15(27-9(2)33)21(45-25)17(38)13(36)6-30/h10-23,28-31,34-40H,3-7H2,1-2H3,(H,26,32)(H,27,33)(H,41,42)/t10-,11-,12+,13+,14+,15+,16-,17+,18-,19+,20+,21+,22-,23?,25-/m0/s1. The second-order valence-electron chi connectivity index (χ2n) is 11.0. The molecule has 21 nitrogen and oxygen atoms in total. The maximum absolute atomic E-state index is 12.6. The summed E-state index contributed by atoms with van der Waals surface area (Å²) >= 11 is 0. The van der Waals surface area contributed by atoms with E-state index in [9.17, 15) is 75.7 Å². The molecule has 2 amide bonds. The molecule has 0 radical (unpaired) electrons. The summed E-state index contributed by atoms with van der Waals surface area (Å²) in [6.45, 7) is -1.99. The summed E-state index contributed by atoms with van der Waals surface area (Å²) < 4.78 is 22.0. The molecule has 2 heterocycles. The fourth-order valence-electron chi connectivity index (χ4n) is 5.16. The topological polar surface area (TPSA) is 355 Å². The van der Waals surface area contributed by atoms with Gasteiger partial charge in [-0.15, -0.1) is 0 Å². The molecule has 2 aliphatic rings. The molecule has 1 unspecified atom stereocenters. The van der Waals surface area contributed by atoms with Crippen LogP contribution in [0, 0.1) is 0 Å². The first kappa shape index (κ1) is 40.0. The number of carboxylic acid groups (broad SMARTS) is 1. The number of carbonyl (C=O) groups excluding carboxylic acids is 2. The summed E-state index contributed by atoms with van der Waals surface area (Å²) in [4.78, 5) is 36.1. The molecular weight excluding hydrogens is 632 g/mol. The van der Waals surface area contributed by atoms with E-state index in [4.69, 9.17) is 18.9 Å². The van der Waals surface area contributed by atoms with Crippen molar-refractivity contribution in [2.45, 2.75) is 112 Å². The van der Waals surface area contributed by atoms with Crippen molar-refractivity contribution >= 4 is 17.8 Å². The lowest BCUT2D eigenvalue weighted by atomic mass is 9.88. The largest absolute Gasteiger partial charge is 0.477 e. The van der Waals surface area contributed by atoms with Crippen molar-refractivity contribution < 1.29 is 94.6 Å². The number of carboxylic acids is 1. The van der Waals surface area contributed by atoms with Gasteiger partial charge in [0.1, 0.15) is 61.0 Å².